The van der Waals surface area contributed by atoms with Crippen molar-refractivity contribution in [3.05, 3.63) is 59.2 Å². The molecule has 6 nitrogen and oxygen atoms in total. The molecule has 2 aromatic carbocycles. The summed E-state index contributed by atoms with van der Waals surface area (Å²) < 4.78 is 11.2. The summed E-state index contributed by atoms with van der Waals surface area (Å²) >= 11 is 0. The van der Waals surface area contributed by atoms with Crippen LogP contribution in [0.15, 0.2) is 42.5 Å². The number of fused-ring (bicyclic) bond motifs is 1. The summed E-state index contributed by atoms with van der Waals surface area (Å²) in [5.74, 6) is 3.39. The lowest BCUT2D eigenvalue weighted by Gasteiger charge is -2.30. The van der Waals surface area contributed by atoms with E-state index in [0.717, 1.165) is 18.7 Å². The van der Waals surface area contributed by atoms with Crippen LogP contribution in [0.5, 0.6) is 5.75 Å². The molecule has 3 N–H and O–H groups in total. The van der Waals surface area contributed by atoms with Gasteiger partial charge in [0.2, 0.25) is 0 Å². The van der Waals surface area contributed by atoms with Crippen LogP contribution in [0.3, 0.4) is 0 Å². The average molecular weight is 377 g/mol. The summed E-state index contributed by atoms with van der Waals surface area (Å²) in [5, 5.41) is 2.67. The van der Waals surface area contributed by atoms with Gasteiger partial charge in [-0.05, 0) is 23.6 Å². The third-order valence-electron chi connectivity index (χ3n) is 4.94. The second-order valence-electron chi connectivity index (χ2n) is 6.91. The summed E-state index contributed by atoms with van der Waals surface area (Å²) in [6, 6.07) is 16.5. The number of nitrogens with one attached hydrogen (secondary N) is 1. The minimum absolute atomic E-state index is 0.224. The third kappa shape index (κ3) is 4.11. The number of nitrogen functional groups attached to an aromatic ring is 1. The summed E-state index contributed by atoms with van der Waals surface area (Å²) in [6.45, 7) is 3.62. The molecule has 0 aromatic heterocycles. The number of hydrogen-bond donors (Lipinski definition) is 2. The summed E-state index contributed by atoms with van der Waals surface area (Å²) in [6.07, 6.45) is 0.453. The van der Waals surface area contributed by atoms with Gasteiger partial charge in [-0.3, -0.25) is 15.0 Å². The van der Waals surface area contributed by atoms with Gasteiger partial charge in [-0.2, -0.15) is 0 Å². The Kier molecular flexibility index (Phi) is 5.47. The number of morpholine rings is 1. The van der Waals surface area contributed by atoms with Gasteiger partial charge < -0.3 is 15.2 Å². The normalized spacial score (nSPS) is 18.5. The zero-order valence-corrected chi connectivity index (χ0v) is 15.6. The second-order valence-corrected chi connectivity index (χ2v) is 6.91. The predicted molar refractivity (Wildman–Crippen MR) is 107 cm³/mol. The molecule has 2 aliphatic heterocycles. The number of benzene rings is 2. The van der Waals surface area contributed by atoms with E-state index in [2.05, 4.69) is 34.3 Å². The van der Waals surface area contributed by atoms with Crippen molar-refractivity contribution in [2.24, 2.45) is 0 Å². The molecule has 0 spiro atoms. The zero-order valence-electron chi connectivity index (χ0n) is 15.6. The van der Waals surface area contributed by atoms with Crippen molar-refractivity contribution in [1.29, 1.82) is 0 Å². The largest absolute Gasteiger partial charge is 0.491 e. The Morgan fingerprint density at radius 2 is 2.07 bits per heavy atom. The smallest absolute Gasteiger partial charge is 0.263 e. The minimum Gasteiger partial charge on any atom is -0.491 e. The Balaban J connectivity index is 1.36. The summed E-state index contributed by atoms with van der Waals surface area (Å²) in [7, 11) is 0. The van der Waals surface area contributed by atoms with Crippen molar-refractivity contribution < 1.29 is 14.3 Å². The first-order chi connectivity index (χ1) is 13.7. The molecule has 1 unspecified atom stereocenters. The molecule has 1 amide bonds. The van der Waals surface area contributed by atoms with E-state index in [1.165, 1.54) is 5.56 Å². The molecule has 1 saturated heterocycles. The highest BCUT2D eigenvalue weighted by Crippen LogP contribution is 2.34. The topological polar surface area (TPSA) is 76.8 Å². The SMILES string of the molecule is Nc1ccc(C(=O)NC#CC2CN(Cc3ccccc3)CCO2)c2c1OCC2. The van der Waals surface area contributed by atoms with E-state index >= 15 is 0 Å². The lowest BCUT2D eigenvalue weighted by atomic mass is 10.0. The molecule has 144 valence electrons. The quantitative estimate of drug-likeness (QED) is 0.485. The van der Waals surface area contributed by atoms with Gasteiger partial charge in [0.25, 0.3) is 5.91 Å². The van der Waals surface area contributed by atoms with Crippen LogP contribution < -0.4 is 15.8 Å². The van der Waals surface area contributed by atoms with Gasteiger partial charge in [0.05, 0.1) is 18.9 Å². The molecule has 2 aromatic rings. The maximum atomic E-state index is 12.5. The highest BCUT2D eigenvalue weighted by molar-refractivity contribution is 5.98. The fourth-order valence-corrected chi connectivity index (χ4v) is 3.55. The van der Waals surface area contributed by atoms with Crippen molar-refractivity contribution in [2.45, 2.75) is 19.1 Å². The van der Waals surface area contributed by atoms with Crippen LogP contribution in [0.1, 0.15) is 21.5 Å². The molecule has 4 rings (SSSR count). The number of amides is 1. The first kappa shape index (κ1) is 18.4. The van der Waals surface area contributed by atoms with E-state index in [1.54, 1.807) is 12.1 Å². The van der Waals surface area contributed by atoms with Crippen LogP contribution in [-0.2, 0) is 17.7 Å². The van der Waals surface area contributed by atoms with E-state index in [9.17, 15) is 4.79 Å². The van der Waals surface area contributed by atoms with Crippen molar-refractivity contribution in [3.63, 3.8) is 0 Å². The lowest BCUT2D eigenvalue weighted by molar-refractivity contribution is -0.00175. The van der Waals surface area contributed by atoms with Gasteiger partial charge in [-0.25, -0.2) is 0 Å². The molecule has 6 heteroatoms. The van der Waals surface area contributed by atoms with E-state index in [1.807, 2.05) is 18.2 Å². The number of nitrogens with two attached hydrogens (primary N) is 1. The van der Waals surface area contributed by atoms with Crippen molar-refractivity contribution >= 4 is 11.6 Å². The number of hydrogen-bond acceptors (Lipinski definition) is 5. The van der Waals surface area contributed by atoms with Gasteiger partial charge >= 0.3 is 0 Å². The Hall–Kier alpha value is -3.01. The van der Waals surface area contributed by atoms with Crippen LogP contribution in [0.2, 0.25) is 0 Å². The molecular weight excluding hydrogens is 354 g/mol. The van der Waals surface area contributed by atoms with Crippen LogP contribution in [0.4, 0.5) is 5.69 Å². The Morgan fingerprint density at radius 3 is 2.93 bits per heavy atom. The third-order valence-corrected chi connectivity index (χ3v) is 4.94. The minimum atomic E-state index is -0.244. The van der Waals surface area contributed by atoms with Gasteiger partial charge in [0, 0.05) is 43.2 Å². The first-order valence-electron chi connectivity index (χ1n) is 9.43. The molecule has 0 bridgehead atoms. The first-order valence-corrected chi connectivity index (χ1v) is 9.43. The molecule has 28 heavy (non-hydrogen) atoms. The molecule has 1 atom stereocenters. The highest BCUT2D eigenvalue weighted by atomic mass is 16.5. The summed E-state index contributed by atoms with van der Waals surface area (Å²) in [5.41, 5.74) is 9.14. The molecule has 1 fully saturated rings. The van der Waals surface area contributed by atoms with Crippen molar-refractivity contribution in [3.8, 4) is 17.7 Å². The molecule has 2 aliphatic rings. The Bertz CT molecular complexity index is 918. The lowest BCUT2D eigenvalue weighted by Crippen LogP contribution is -2.41. The molecular formula is C22H23N3O3. The zero-order chi connectivity index (χ0) is 19.3. The maximum absolute atomic E-state index is 12.5. The number of carbonyl (C=O) groups is 1. The van der Waals surface area contributed by atoms with Gasteiger partial charge in [-0.15, -0.1) is 0 Å². The molecule has 0 aliphatic carbocycles. The second kappa shape index (κ2) is 8.34. The Morgan fingerprint density at radius 1 is 1.21 bits per heavy atom. The van der Waals surface area contributed by atoms with Crippen LogP contribution >= 0.6 is 0 Å². The molecule has 0 radical (unpaired) electrons. The number of anilines is 1. The molecule has 0 saturated carbocycles. The van der Waals surface area contributed by atoms with E-state index in [-0.39, 0.29) is 12.0 Å². The summed E-state index contributed by atoms with van der Waals surface area (Å²) in [4.78, 5) is 14.8. The Labute approximate surface area is 164 Å². The van der Waals surface area contributed by atoms with E-state index < -0.39 is 0 Å². The standard InChI is InChI=1S/C22H23N3O3/c23-20-7-6-19(18-9-12-28-21(18)20)22(26)24-10-8-17-15-25(11-13-27-17)14-16-4-2-1-3-5-16/h1-7,17H,9,11-15,23H2,(H,24,26). The van der Waals surface area contributed by atoms with Crippen LogP contribution in [0, 0.1) is 12.0 Å². The van der Waals surface area contributed by atoms with Crippen molar-refractivity contribution in [1.82, 2.24) is 10.2 Å². The monoisotopic (exact) mass is 377 g/mol. The van der Waals surface area contributed by atoms with Crippen LogP contribution in [0.25, 0.3) is 0 Å². The maximum Gasteiger partial charge on any atom is 0.263 e. The fraction of sp³-hybridized carbons (Fsp3) is 0.318. The number of carbonyl (C=O) groups excluding carboxylic acids is 1. The van der Waals surface area contributed by atoms with E-state index in [4.69, 9.17) is 15.2 Å². The number of nitrogens with zero attached hydrogens (tertiary/aromatic N) is 1. The van der Waals surface area contributed by atoms with Gasteiger partial charge in [-0.1, -0.05) is 30.3 Å². The number of rotatable bonds is 3. The van der Waals surface area contributed by atoms with Gasteiger partial charge in [0.15, 0.2) is 0 Å². The number of ether oxygens (including phenoxy) is 2. The van der Waals surface area contributed by atoms with Crippen LogP contribution in [-0.4, -0.2) is 43.2 Å². The fourth-order valence-electron chi connectivity index (χ4n) is 3.55. The highest BCUT2D eigenvalue weighted by Gasteiger charge is 2.22. The van der Waals surface area contributed by atoms with Crippen molar-refractivity contribution in [2.75, 3.05) is 32.0 Å². The molecule has 2 heterocycles. The van der Waals surface area contributed by atoms with E-state index in [0.29, 0.717) is 43.2 Å². The average Bonchev–Trinajstić information content (AvgIpc) is 3.20. The van der Waals surface area contributed by atoms with Gasteiger partial charge in [0.1, 0.15) is 11.9 Å². The predicted octanol–water partition coefficient (Wildman–Crippen LogP) is 1.80.